The molecule has 0 fully saturated rings. The second kappa shape index (κ2) is 7.09. The van der Waals surface area contributed by atoms with E-state index in [1.807, 2.05) is 42.5 Å². The molecule has 4 heteroatoms. The third-order valence-electron chi connectivity index (χ3n) is 4.12. The van der Waals surface area contributed by atoms with Crippen molar-refractivity contribution in [3.05, 3.63) is 71.3 Å². The molecule has 0 saturated heterocycles. The average molecular weight is 308 g/mol. The first-order chi connectivity index (χ1) is 11.2. The van der Waals surface area contributed by atoms with Crippen LogP contribution in [0.25, 0.3) is 0 Å². The zero-order chi connectivity index (χ0) is 16.1. The minimum absolute atomic E-state index is 0.0182. The van der Waals surface area contributed by atoms with Crippen molar-refractivity contribution in [2.75, 3.05) is 6.54 Å². The zero-order valence-corrected chi connectivity index (χ0v) is 12.9. The summed E-state index contributed by atoms with van der Waals surface area (Å²) in [7, 11) is 0. The lowest BCUT2D eigenvalue weighted by Crippen LogP contribution is -2.38. The number of carbonyl (C=O) groups is 2. The summed E-state index contributed by atoms with van der Waals surface area (Å²) < 4.78 is 0. The first kappa shape index (κ1) is 15.3. The summed E-state index contributed by atoms with van der Waals surface area (Å²) in [6.45, 7) is 0.0182. The van der Waals surface area contributed by atoms with E-state index in [2.05, 4.69) is 22.8 Å². The molecule has 118 valence electrons. The van der Waals surface area contributed by atoms with Crippen LogP contribution < -0.4 is 10.6 Å². The molecule has 0 bridgehead atoms. The fourth-order valence-corrected chi connectivity index (χ4v) is 2.98. The first-order valence-electron chi connectivity index (χ1n) is 7.90. The SMILES string of the molecule is O=C(Cc1ccccc1)NCC(=O)N[C@H]1CCc2ccccc21. The molecule has 0 unspecified atom stereocenters. The molecule has 2 amide bonds. The Labute approximate surface area is 135 Å². The molecule has 23 heavy (non-hydrogen) atoms. The van der Waals surface area contributed by atoms with Crippen molar-refractivity contribution >= 4 is 11.8 Å². The summed E-state index contributed by atoms with van der Waals surface area (Å²) in [5.74, 6) is -0.286. The van der Waals surface area contributed by atoms with E-state index in [0.29, 0.717) is 6.42 Å². The maximum absolute atomic E-state index is 12.0. The van der Waals surface area contributed by atoms with E-state index in [0.717, 1.165) is 18.4 Å². The van der Waals surface area contributed by atoms with Gasteiger partial charge in [0.05, 0.1) is 19.0 Å². The Balaban J connectivity index is 1.46. The first-order valence-corrected chi connectivity index (χ1v) is 7.90. The average Bonchev–Trinajstić information content (AvgIpc) is 2.97. The van der Waals surface area contributed by atoms with Crippen LogP contribution in [0.3, 0.4) is 0 Å². The molecule has 1 aliphatic carbocycles. The molecule has 0 aromatic heterocycles. The second-order valence-electron chi connectivity index (χ2n) is 5.80. The lowest BCUT2D eigenvalue weighted by molar-refractivity contribution is -0.126. The summed E-state index contributed by atoms with van der Waals surface area (Å²) in [5.41, 5.74) is 3.43. The Morgan fingerprint density at radius 1 is 0.957 bits per heavy atom. The van der Waals surface area contributed by atoms with Crippen molar-refractivity contribution in [2.24, 2.45) is 0 Å². The van der Waals surface area contributed by atoms with Gasteiger partial charge < -0.3 is 10.6 Å². The van der Waals surface area contributed by atoms with Gasteiger partial charge in [0.25, 0.3) is 0 Å². The highest BCUT2D eigenvalue weighted by atomic mass is 16.2. The molecule has 2 aromatic rings. The van der Waals surface area contributed by atoms with Gasteiger partial charge in [0.2, 0.25) is 11.8 Å². The monoisotopic (exact) mass is 308 g/mol. The van der Waals surface area contributed by atoms with Crippen molar-refractivity contribution in [2.45, 2.75) is 25.3 Å². The number of fused-ring (bicyclic) bond motifs is 1. The lowest BCUT2D eigenvalue weighted by Gasteiger charge is -2.14. The van der Waals surface area contributed by atoms with Gasteiger partial charge in [-0.3, -0.25) is 9.59 Å². The van der Waals surface area contributed by atoms with Gasteiger partial charge in [0, 0.05) is 0 Å². The van der Waals surface area contributed by atoms with E-state index < -0.39 is 0 Å². The molecule has 2 N–H and O–H groups in total. The number of hydrogen-bond donors (Lipinski definition) is 2. The topological polar surface area (TPSA) is 58.2 Å². The summed E-state index contributed by atoms with van der Waals surface area (Å²) >= 11 is 0. The quantitative estimate of drug-likeness (QED) is 0.889. The van der Waals surface area contributed by atoms with Gasteiger partial charge in [-0.05, 0) is 29.5 Å². The van der Waals surface area contributed by atoms with Crippen molar-refractivity contribution in [1.82, 2.24) is 10.6 Å². The Bertz CT molecular complexity index is 698. The predicted molar refractivity (Wildman–Crippen MR) is 88.8 cm³/mol. The number of aryl methyl sites for hydroxylation is 1. The van der Waals surface area contributed by atoms with E-state index in [1.165, 1.54) is 11.1 Å². The number of hydrogen-bond acceptors (Lipinski definition) is 2. The third kappa shape index (κ3) is 3.97. The van der Waals surface area contributed by atoms with E-state index in [4.69, 9.17) is 0 Å². The van der Waals surface area contributed by atoms with Gasteiger partial charge in [-0.1, -0.05) is 54.6 Å². The molecule has 1 aliphatic rings. The van der Waals surface area contributed by atoms with Crippen LogP contribution >= 0.6 is 0 Å². The van der Waals surface area contributed by atoms with Crippen molar-refractivity contribution in [3.8, 4) is 0 Å². The van der Waals surface area contributed by atoms with Gasteiger partial charge in [-0.2, -0.15) is 0 Å². The minimum Gasteiger partial charge on any atom is -0.348 e. The third-order valence-corrected chi connectivity index (χ3v) is 4.12. The van der Waals surface area contributed by atoms with E-state index >= 15 is 0 Å². The van der Waals surface area contributed by atoms with Crippen LogP contribution in [0, 0.1) is 0 Å². The summed E-state index contributed by atoms with van der Waals surface area (Å²) in [6, 6.07) is 17.7. The molecule has 0 heterocycles. The van der Waals surface area contributed by atoms with Crippen LogP contribution in [0.2, 0.25) is 0 Å². The fraction of sp³-hybridized carbons (Fsp3) is 0.263. The summed E-state index contributed by atoms with van der Waals surface area (Å²) in [5, 5.41) is 5.68. The summed E-state index contributed by atoms with van der Waals surface area (Å²) in [6.07, 6.45) is 2.20. The Morgan fingerprint density at radius 2 is 1.70 bits per heavy atom. The highest BCUT2D eigenvalue weighted by Crippen LogP contribution is 2.30. The Kier molecular flexibility index (Phi) is 4.71. The van der Waals surface area contributed by atoms with Gasteiger partial charge in [-0.25, -0.2) is 0 Å². The van der Waals surface area contributed by atoms with Crippen LogP contribution in [-0.4, -0.2) is 18.4 Å². The fourth-order valence-electron chi connectivity index (χ4n) is 2.98. The molecule has 0 saturated carbocycles. The predicted octanol–water partition coefficient (Wildman–Crippen LogP) is 2.15. The van der Waals surface area contributed by atoms with Crippen LogP contribution in [0.5, 0.6) is 0 Å². The second-order valence-corrected chi connectivity index (χ2v) is 5.80. The number of nitrogens with one attached hydrogen (secondary N) is 2. The highest BCUT2D eigenvalue weighted by Gasteiger charge is 2.23. The molecule has 2 aromatic carbocycles. The summed E-state index contributed by atoms with van der Waals surface area (Å²) in [4.78, 5) is 23.9. The van der Waals surface area contributed by atoms with Gasteiger partial charge in [0.1, 0.15) is 0 Å². The van der Waals surface area contributed by atoms with Gasteiger partial charge >= 0.3 is 0 Å². The van der Waals surface area contributed by atoms with Gasteiger partial charge in [-0.15, -0.1) is 0 Å². The molecule has 0 radical (unpaired) electrons. The van der Waals surface area contributed by atoms with E-state index in [-0.39, 0.29) is 24.4 Å². The number of carbonyl (C=O) groups excluding carboxylic acids is 2. The van der Waals surface area contributed by atoms with Crippen LogP contribution in [0.15, 0.2) is 54.6 Å². The molecular formula is C19H20N2O2. The molecular weight excluding hydrogens is 288 g/mol. The van der Waals surface area contributed by atoms with E-state index in [1.54, 1.807) is 0 Å². The number of benzene rings is 2. The number of rotatable bonds is 5. The molecule has 3 rings (SSSR count). The lowest BCUT2D eigenvalue weighted by atomic mass is 10.1. The highest BCUT2D eigenvalue weighted by molar-refractivity contribution is 5.85. The smallest absolute Gasteiger partial charge is 0.239 e. The maximum atomic E-state index is 12.0. The minimum atomic E-state index is -0.145. The van der Waals surface area contributed by atoms with Crippen LogP contribution in [0.4, 0.5) is 0 Å². The molecule has 4 nitrogen and oxygen atoms in total. The largest absolute Gasteiger partial charge is 0.348 e. The molecule has 0 aliphatic heterocycles. The normalized spacial score (nSPS) is 15.7. The standard InChI is InChI=1S/C19H20N2O2/c22-18(12-14-6-2-1-3-7-14)20-13-19(23)21-17-11-10-15-8-4-5-9-16(15)17/h1-9,17H,10-13H2,(H,20,22)(H,21,23)/t17-/m0/s1. The van der Waals surface area contributed by atoms with Crippen molar-refractivity contribution in [1.29, 1.82) is 0 Å². The number of amides is 2. The van der Waals surface area contributed by atoms with Crippen molar-refractivity contribution < 1.29 is 9.59 Å². The zero-order valence-electron chi connectivity index (χ0n) is 12.9. The van der Waals surface area contributed by atoms with E-state index in [9.17, 15) is 9.59 Å². The molecule has 0 spiro atoms. The maximum Gasteiger partial charge on any atom is 0.239 e. The Morgan fingerprint density at radius 3 is 2.52 bits per heavy atom. The van der Waals surface area contributed by atoms with Crippen molar-refractivity contribution in [3.63, 3.8) is 0 Å². The Hall–Kier alpha value is -2.62. The van der Waals surface area contributed by atoms with Gasteiger partial charge in [0.15, 0.2) is 0 Å². The molecule has 1 atom stereocenters. The van der Waals surface area contributed by atoms with Crippen LogP contribution in [-0.2, 0) is 22.4 Å². The van der Waals surface area contributed by atoms with Crippen LogP contribution in [0.1, 0.15) is 29.2 Å².